The first-order chi connectivity index (χ1) is 9.58. The molecule has 1 rings (SSSR count). The Hall–Kier alpha value is -1.79. The first-order valence-electron chi connectivity index (χ1n) is 7.14. The van der Waals surface area contributed by atoms with Crippen molar-refractivity contribution in [3.8, 4) is 11.8 Å². The molecule has 0 bridgehead atoms. The van der Waals surface area contributed by atoms with Gasteiger partial charge in [0.15, 0.2) is 0 Å². The molecular weight excluding hydrogens is 248 g/mol. The van der Waals surface area contributed by atoms with Gasteiger partial charge in [-0.2, -0.15) is 0 Å². The molecule has 0 aliphatic carbocycles. The minimum absolute atomic E-state index is 0.0561. The second-order valence-corrected chi connectivity index (χ2v) is 5.03. The number of unbranched alkanes of at least 4 members (excludes halogenated alkanes) is 2. The van der Waals surface area contributed by atoms with Crippen LogP contribution in [0.4, 0.5) is 0 Å². The van der Waals surface area contributed by atoms with Crippen molar-refractivity contribution in [3.63, 3.8) is 0 Å². The topological polar surface area (TPSA) is 46.3 Å². The standard InChI is InChI=1S/C17H24N2O/c1-4-5-6-10-19(3)17(20)16-12-14(2)11-15(13-16)8-7-9-18/h11-13H,4-6,9-10,18H2,1-3H3. The predicted molar refractivity (Wildman–Crippen MR) is 83.6 cm³/mol. The fourth-order valence-corrected chi connectivity index (χ4v) is 2.05. The second kappa shape index (κ2) is 8.39. The van der Waals surface area contributed by atoms with E-state index in [4.69, 9.17) is 5.73 Å². The highest BCUT2D eigenvalue weighted by atomic mass is 16.2. The van der Waals surface area contributed by atoms with Crippen molar-refractivity contribution in [2.45, 2.75) is 33.1 Å². The Morgan fingerprint density at radius 2 is 2.05 bits per heavy atom. The highest BCUT2D eigenvalue weighted by Crippen LogP contribution is 2.11. The van der Waals surface area contributed by atoms with E-state index in [1.165, 1.54) is 0 Å². The summed E-state index contributed by atoms with van der Waals surface area (Å²) >= 11 is 0. The minimum Gasteiger partial charge on any atom is -0.342 e. The molecule has 0 unspecified atom stereocenters. The summed E-state index contributed by atoms with van der Waals surface area (Å²) in [4.78, 5) is 14.2. The van der Waals surface area contributed by atoms with Gasteiger partial charge in [-0.3, -0.25) is 4.79 Å². The van der Waals surface area contributed by atoms with Gasteiger partial charge in [-0.15, -0.1) is 0 Å². The van der Waals surface area contributed by atoms with Gasteiger partial charge in [0.25, 0.3) is 5.91 Å². The minimum atomic E-state index is 0.0561. The van der Waals surface area contributed by atoms with E-state index in [0.29, 0.717) is 12.1 Å². The zero-order chi connectivity index (χ0) is 15.0. The number of carbonyl (C=O) groups is 1. The Kier molecular flexibility index (Phi) is 6.83. The van der Waals surface area contributed by atoms with E-state index in [9.17, 15) is 4.79 Å². The van der Waals surface area contributed by atoms with Crippen LogP contribution in [-0.4, -0.2) is 30.9 Å². The number of aryl methyl sites for hydroxylation is 1. The summed E-state index contributed by atoms with van der Waals surface area (Å²) in [7, 11) is 1.85. The van der Waals surface area contributed by atoms with Gasteiger partial charge in [0.1, 0.15) is 0 Å². The molecule has 0 saturated heterocycles. The number of nitrogens with two attached hydrogens (primary N) is 1. The third kappa shape index (κ3) is 5.07. The van der Waals surface area contributed by atoms with Crippen LogP contribution >= 0.6 is 0 Å². The smallest absolute Gasteiger partial charge is 0.253 e. The fourth-order valence-electron chi connectivity index (χ4n) is 2.05. The second-order valence-electron chi connectivity index (χ2n) is 5.03. The van der Waals surface area contributed by atoms with E-state index >= 15 is 0 Å². The maximum absolute atomic E-state index is 12.4. The third-order valence-electron chi connectivity index (χ3n) is 3.10. The van der Waals surface area contributed by atoms with Crippen molar-refractivity contribution in [1.82, 2.24) is 4.90 Å². The first kappa shape index (κ1) is 16.3. The van der Waals surface area contributed by atoms with Gasteiger partial charge in [0, 0.05) is 24.7 Å². The lowest BCUT2D eigenvalue weighted by Gasteiger charge is -2.17. The van der Waals surface area contributed by atoms with Crippen molar-refractivity contribution in [2.75, 3.05) is 20.1 Å². The quantitative estimate of drug-likeness (QED) is 0.661. The molecule has 0 saturated carbocycles. The molecule has 20 heavy (non-hydrogen) atoms. The number of hydrogen-bond donors (Lipinski definition) is 1. The van der Waals surface area contributed by atoms with Crippen LogP contribution < -0.4 is 5.73 Å². The van der Waals surface area contributed by atoms with E-state index in [-0.39, 0.29) is 5.91 Å². The molecular formula is C17H24N2O. The average Bonchev–Trinajstić information content (AvgIpc) is 2.43. The van der Waals surface area contributed by atoms with Gasteiger partial charge in [0.2, 0.25) is 0 Å². The lowest BCUT2D eigenvalue weighted by atomic mass is 10.1. The molecule has 0 heterocycles. The van der Waals surface area contributed by atoms with Crippen LogP contribution in [0, 0.1) is 18.8 Å². The molecule has 3 heteroatoms. The summed E-state index contributed by atoms with van der Waals surface area (Å²) in [5.41, 5.74) is 7.97. The Balaban J connectivity index is 2.84. The zero-order valence-electron chi connectivity index (χ0n) is 12.7. The highest BCUT2D eigenvalue weighted by Gasteiger charge is 2.12. The number of benzene rings is 1. The number of carbonyl (C=O) groups excluding carboxylic acids is 1. The van der Waals surface area contributed by atoms with E-state index in [1.54, 1.807) is 4.90 Å². The molecule has 3 nitrogen and oxygen atoms in total. The first-order valence-corrected chi connectivity index (χ1v) is 7.14. The molecule has 1 amide bonds. The molecule has 1 aromatic carbocycles. The molecule has 0 atom stereocenters. The lowest BCUT2D eigenvalue weighted by Crippen LogP contribution is -2.27. The Morgan fingerprint density at radius 3 is 2.70 bits per heavy atom. The van der Waals surface area contributed by atoms with E-state index in [2.05, 4.69) is 18.8 Å². The van der Waals surface area contributed by atoms with Gasteiger partial charge in [-0.05, 0) is 37.1 Å². The van der Waals surface area contributed by atoms with Gasteiger partial charge < -0.3 is 10.6 Å². The van der Waals surface area contributed by atoms with E-state index < -0.39 is 0 Å². The van der Waals surface area contributed by atoms with E-state index in [1.807, 2.05) is 32.2 Å². The van der Waals surface area contributed by atoms with Crippen LogP contribution in [0.15, 0.2) is 18.2 Å². The molecule has 0 aliphatic heterocycles. The Labute approximate surface area is 122 Å². The van der Waals surface area contributed by atoms with Crippen molar-refractivity contribution in [2.24, 2.45) is 5.73 Å². The highest BCUT2D eigenvalue weighted by molar-refractivity contribution is 5.94. The monoisotopic (exact) mass is 272 g/mol. The third-order valence-corrected chi connectivity index (χ3v) is 3.10. The van der Waals surface area contributed by atoms with Gasteiger partial charge in [-0.1, -0.05) is 31.6 Å². The average molecular weight is 272 g/mol. The van der Waals surface area contributed by atoms with Crippen molar-refractivity contribution < 1.29 is 4.79 Å². The summed E-state index contributed by atoms with van der Waals surface area (Å²) in [6.07, 6.45) is 3.36. The maximum Gasteiger partial charge on any atom is 0.253 e. The normalized spacial score (nSPS) is 9.80. The summed E-state index contributed by atoms with van der Waals surface area (Å²) in [6, 6.07) is 5.72. The van der Waals surface area contributed by atoms with E-state index in [0.717, 1.165) is 36.9 Å². The predicted octanol–water partition coefficient (Wildman–Crippen LogP) is 2.57. The molecule has 2 N–H and O–H groups in total. The van der Waals surface area contributed by atoms with Crippen LogP contribution in [0.1, 0.15) is 47.7 Å². The molecule has 0 aliphatic rings. The summed E-state index contributed by atoms with van der Waals surface area (Å²) in [5, 5.41) is 0. The number of amides is 1. The van der Waals surface area contributed by atoms with Gasteiger partial charge in [-0.25, -0.2) is 0 Å². The zero-order valence-corrected chi connectivity index (χ0v) is 12.7. The largest absolute Gasteiger partial charge is 0.342 e. The summed E-state index contributed by atoms with van der Waals surface area (Å²) in [5.74, 6) is 5.86. The molecule has 0 fully saturated rings. The van der Waals surface area contributed by atoms with Crippen molar-refractivity contribution >= 4 is 5.91 Å². The van der Waals surface area contributed by atoms with Gasteiger partial charge >= 0.3 is 0 Å². The molecule has 1 aromatic rings. The molecule has 0 radical (unpaired) electrons. The van der Waals surface area contributed by atoms with Crippen LogP contribution in [0.25, 0.3) is 0 Å². The summed E-state index contributed by atoms with van der Waals surface area (Å²) < 4.78 is 0. The molecule has 0 aromatic heterocycles. The Bertz CT molecular complexity index is 511. The lowest BCUT2D eigenvalue weighted by molar-refractivity contribution is 0.0792. The van der Waals surface area contributed by atoms with Gasteiger partial charge in [0.05, 0.1) is 6.54 Å². The fraction of sp³-hybridized carbons (Fsp3) is 0.471. The maximum atomic E-state index is 12.4. The van der Waals surface area contributed by atoms with Crippen LogP contribution in [0.3, 0.4) is 0 Å². The van der Waals surface area contributed by atoms with Crippen LogP contribution in [0.2, 0.25) is 0 Å². The SMILES string of the molecule is CCCCCN(C)C(=O)c1cc(C)cc(C#CCN)c1. The van der Waals surface area contributed by atoms with Crippen LogP contribution in [0.5, 0.6) is 0 Å². The van der Waals surface area contributed by atoms with Crippen molar-refractivity contribution in [1.29, 1.82) is 0 Å². The number of nitrogens with zero attached hydrogens (tertiary/aromatic N) is 1. The summed E-state index contributed by atoms with van der Waals surface area (Å²) in [6.45, 7) is 5.25. The number of rotatable bonds is 5. The molecule has 0 spiro atoms. The number of hydrogen-bond acceptors (Lipinski definition) is 2. The Morgan fingerprint density at radius 1 is 1.30 bits per heavy atom. The van der Waals surface area contributed by atoms with Crippen LogP contribution in [-0.2, 0) is 0 Å². The molecule has 108 valence electrons. The van der Waals surface area contributed by atoms with Crippen molar-refractivity contribution in [3.05, 3.63) is 34.9 Å².